The highest BCUT2D eigenvalue weighted by Gasteiger charge is 2.23. The van der Waals surface area contributed by atoms with Gasteiger partial charge in [0.05, 0.1) is 16.1 Å². The zero-order valence-corrected chi connectivity index (χ0v) is 16.4. The molecule has 1 N–H and O–H groups in total. The second kappa shape index (κ2) is 7.43. The van der Waals surface area contributed by atoms with Gasteiger partial charge in [0.2, 0.25) is 5.65 Å². The zero-order valence-electron chi connectivity index (χ0n) is 16.4. The van der Waals surface area contributed by atoms with Crippen LogP contribution >= 0.6 is 0 Å². The smallest absolute Gasteiger partial charge is 0.303 e. The van der Waals surface area contributed by atoms with Gasteiger partial charge in [-0.2, -0.15) is 4.68 Å². The van der Waals surface area contributed by atoms with Crippen molar-refractivity contribution in [2.45, 2.75) is 0 Å². The summed E-state index contributed by atoms with van der Waals surface area (Å²) < 4.78 is 2.37. The van der Waals surface area contributed by atoms with Crippen molar-refractivity contribution in [3.05, 3.63) is 105 Å². The fourth-order valence-electron chi connectivity index (χ4n) is 3.45. The van der Waals surface area contributed by atoms with E-state index in [9.17, 15) is 19.7 Å². The molecule has 0 fully saturated rings. The summed E-state index contributed by atoms with van der Waals surface area (Å²) in [4.78, 5) is 41.4. The van der Waals surface area contributed by atoms with Crippen LogP contribution in [0.3, 0.4) is 0 Å². The van der Waals surface area contributed by atoms with Crippen LogP contribution in [0.2, 0.25) is 0 Å². The van der Waals surface area contributed by atoms with Crippen LogP contribution in [-0.4, -0.2) is 30.0 Å². The van der Waals surface area contributed by atoms with Crippen molar-refractivity contribution in [1.82, 2.24) is 19.2 Å². The minimum absolute atomic E-state index is 0.0388. The highest BCUT2D eigenvalue weighted by atomic mass is 16.6. The first-order valence-corrected chi connectivity index (χ1v) is 9.55. The summed E-state index contributed by atoms with van der Waals surface area (Å²) in [6.07, 6.45) is 0. The summed E-state index contributed by atoms with van der Waals surface area (Å²) in [5.41, 5.74) is 0.256. The molecule has 0 aliphatic rings. The molecule has 0 unspecified atom stereocenters. The molecule has 0 aliphatic carbocycles. The number of rotatable bonds is 4. The largest absolute Gasteiger partial charge is 0.355 e. The third-order valence-electron chi connectivity index (χ3n) is 4.91. The van der Waals surface area contributed by atoms with Crippen LogP contribution in [-0.2, 0) is 0 Å². The molecule has 32 heavy (non-hydrogen) atoms. The van der Waals surface area contributed by atoms with Gasteiger partial charge in [0.15, 0.2) is 11.3 Å². The Bertz CT molecular complexity index is 1560. The molecule has 1 amide bonds. The average Bonchev–Trinajstić information content (AvgIpc) is 3.17. The van der Waals surface area contributed by atoms with Crippen LogP contribution in [0.15, 0.2) is 83.7 Å². The Labute approximate surface area is 179 Å². The second-order valence-electron chi connectivity index (χ2n) is 6.87. The number of fused-ring (bicyclic) bond motifs is 3. The third kappa shape index (κ3) is 3.06. The van der Waals surface area contributed by atoms with Crippen molar-refractivity contribution in [2.24, 2.45) is 0 Å². The topological polar surface area (TPSA) is 124 Å². The van der Waals surface area contributed by atoms with Crippen molar-refractivity contribution in [2.75, 3.05) is 5.32 Å². The molecule has 10 nitrogen and oxygen atoms in total. The summed E-state index contributed by atoms with van der Waals surface area (Å²) in [5.74, 6) is -0.549. The molecule has 0 aliphatic heterocycles. The molecule has 0 atom stereocenters. The number of benzene rings is 3. The number of nitrogens with one attached hydrogen (secondary N) is 1. The van der Waals surface area contributed by atoms with Gasteiger partial charge in [-0.15, -0.1) is 5.10 Å². The Morgan fingerprint density at radius 2 is 1.62 bits per heavy atom. The Balaban J connectivity index is 1.81. The highest BCUT2D eigenvalue weighted by Crippen LogP contribution is 2.27. The van der Waals surface area contributed by atoms with E-state index in [0.717, 1.165) is 4.68 Å². The van der Waals surface area contributed by atoms with Gasteiger partial charge in [-0.1, -0.05) is 42.5 Å². The number of carbonyl (C=O) groups is 1. The number of para-hydroxylation sites is 2. The highest BCUT2D eigenvalue weighted by molar-refractivity contribution is 6.06. The number of carbonyl (C=O) groups excluding carboxylic acids is 1. The quantitative estimate of drug-likeness (QED) is 0.348. The SMILES string of the molecule is O=C(Nc1nc2c([N+](=O)[O-])cccc2n2c(=O)n(-c3ccccc3)nc12)c1ccccc1. The first-order chi connectivity index (χ1) is 15.5. The van der Waals surface area contributed by atoms with E-state index in [1.807, 2.05) is 0 Å². The molecule has 0 radical (unpaired) electrons. The molecule has 0 spiro atoms. The van der Waals surface area contributed by atoms with Crippen molar-refractivity contribution in [3.8, 4) is 5.69 Å². The lowest BCUT2D eigenvalue weighted by atomic mass is 10.2. The van der Waals surface area contributed by atoms with Crippen LogP contribution < -0.4 is 11.0 Å². The van der Waals surface area contributed by atoms with Gasteiger partial charge in [0, 0.05) is 11.6 Å². The molecule has 10 heteroatoms. The van der Waals surface area contributed by atoms with E-state index < -0.39 is 16.5 Å². The number of nitro benzene ring substituents is 1. The van der Waals surface area contributed by atoms with Crippen molar-refractivity contribution < 1.29 is 9.72 Å². The van der Waals surface area contributed by atoms with Crippen LogP contribution in [0.5, 0.6) is 0 Å². The van der Waals surface area contributed by atoms with Gasteiger partial charge >= 0.3 is 5.69 Å². The lowest BCUT2D eigenvalue weighted by molar-refractivity contribution is -0.383. The molecular weight excluding hydrogens is 412 g/mol. The van der Waals surface area contributed by atoms with Gasteiger partial charge in [0.25, 0.3) is 11.6 Å². The fourth-order valence-corrected chi connectivity index (χ4v) is 3.45. The Kier molecular flexibility index (Phi) is 4.44. The molecule has 0 saturated heterocycles. The summed E-state index contributed by atoms with van der Waals surface area (Å²) >= 11 is 0. The summed E-state index contributed by atoms with van der Waals surface area (Å²) in [6, 6.07) is 21.4. The molecule has 0 saturated carbocycles. The normalized spacial score (nSPS) is 11.0. The second-order valence-corrected chi connectivity index (χ2v) is 6.87. The number of amides is 1. The molecule has 5 rings (SSSR count). The molecule has 2 heterocycles. The van der Waals surface area contributed by atoms with Crippen LogP contribution in [0.4, 0.5) is 11.5 Å². The first kappa shape index (κ1) is 19.1. The van der Waals surface area contributed by atoms with Crippen molar-refractivity contribution in [1.29, 1.82) is 0 Å². The fraction of sp³-hybridized carbons (Fsp3) is 0. The predicted molar refractivity (Wildman–Crippen MR) is 117 cm³/mol. The molecule has 0 bridgehead atoms. The van der Waals surface area contributed by atoms with Crippen LogP contribution in [0.25, 0.3) is 22.4 Å². The minimum Gasteiger partial charge on any atom is -0.303 e. The van der Waals surface area contributed by atoms with E-state index in [1.165, 1.54) is 16.5 Å². The minimum atomic E-state index is -0.587. The number of nitro groups is 1. The van der Waals surface area contributed by atoms with Crippen molar-refractivity contribution >= 4 is 34.1 Å². The van der Waals surface area contributed by atoms with E-state index in [1.54, 1.807) is 66.7 Å². The van der Waals surface area contributed by atoms with E-state index in [4.69, 9.17) is 0 Å². The lowest BCUT2D eigenvalue weighted by Gasteiger charge is -2.08. The monoisotopic (exact) mass is 426 g/mol. The number of hydrogen-bond acceptors (Lipinski definition) is 6. The van der Waals surface area contributed by atoms with Gasteiger partial charge < -0.3 is 5.32 Å². The summed E-state index contributed by atoms with van der Waals surface area (Å²) in [7, 11) is 0. The van der Waals surface area contributed by atoms with Gasteiger partial charge in [-0.3, -0.25) is 14.9 Å². The number of anilines is 1. The molecular formula is C22H14N6O4. The van der Waals surface area contributed by atoms with E-state index in [-0.39, 0.29) is 28.2 Å². The first-order valence-electron chi connectivity index (χ1n) is 9.55. The maximum Gasteiger partial charge on any atom is 0.355 e. The molecule has 2 aromatic heterocycles. The number of hydrogen-bond donors (Lipinski definition) is 1. The van der Waals surface area contributed by atoms with Crippen molar-refractivity contribution in [3.63, 3.8) is 0 Å². The van der Waals surface area contributed by atoms with E-state index in [2.05, 4.69) is 15.4 Å². The molecule has 156 valence electrons. The standard InChI is InChI=1S/C22H14N6O4/c29-21(14-8-3-1-4-9-14)24-19-20-25-27(15-10-5-2-6-11-15)22(30)26(20)16-12-7-13-17(28(31)32)18(16)23-19/h1-13H,(H,23,24,29). The van der Waals surface area contributed by atoms with E-state index >= 15 is 0 Å². The Morgan fingerprint density at radius 3 is 2.31 bits per heavy atom. The van der Waals surface area contributed by atoms with Gasteiger partial charge in [0.1, 0.15) is 0 Å². The number of nitrogens with zero attached hydrogens (tertiary/aromatic N) is 5. The lowest BCUT2D eigenvalue weighted by Crippen LogP contribution is -2.20. The Morgan fingerprint density at radius 1 is 0.938 bits per heavy atom. The van der Waals surface area contributed by atoms with Crippen LogP contribution in [0.1, 0.15) is 10.4 Å². The van der Waals surface area contributed by atoms with Crippen LogP contribution in [0, 0.1) is 10.1 Å². The Hall–Kier alpha value is -4.86. The summed E-state index contributed by atoms with van der Waals surface area (Å²) in [5, 5.41) is 18.6. The summed E-state index contributed by atoms with van der Waals surface area (Å²) in [6.45, 7) is 0. The average molecular weight is 426 g/mol. The molecule has 5 aromatic rings. The maximum atomic E-state index is 13.3. The molecule has 3 aromatic carbocycles. The number of non-ortho nitro benzene ring substituents is 1. The number of aromatic nitrogens is 4. The third-order valence-corrected chi connectivity index (χ3v) is 4.91. The van der Waals surface area contributed by atoms with E-state index in [0.29, 0.717) is 11.3 Å². The maximum absolute atomic E-state index is 13.3. The predicted octanol–water partition coefficient (Wildman–Crippen LogP) is 3.19. The van der Waals surface area contributed by atoms with Gasteiger partial charge in [-0.25, -0.2) is 14.2 Å². The zero-order chi connectivity index (χ0) is 22.2. The van der Waals surface area contributed by atoms with Gasteiger partial charge in [-0.05, 0) is 30.3 Å².